The summed E-state index contributed by atoms with van der Waals surface area (Å²) in [4.78, 5) is 31.9. The fourth-order valence-electron chi connectivity index (χ4n) is 1.54. The van der Waals surface area contributed by atoms with Crippen molar-refractivity contribution >= 4 is 40.4 Å². The van der Waals surface area contributed by atoms with Crippen molar-refractivity contribution in [3.63, 3.8) is 0 Å². The molecule has 11 heteroatoms. The Kier molecular flexibility index (Phi) is 4.56. The van der Waals surface area contributed by atoms with Gasteiger partial charge in [0.15, 0.2) is 10.9 Å². The van der Waals surface area contributed by atoms with Gasteiger partial charge in [-0.3, -0.25) is 19.7 Å². The van der Waals surface area contributed by atoms with Crippen LogP contribution in [0.1, 0.15) is 19.1 Å². The maximum Gasteiger partial charge on any atom is 0.433 e. The minimum absolute atomic E-state index is 0.164. The summed E-state index contributed by atoms with van der Waals surface area (Å²) in [5, 5.41) is 28.6. The highest BCUT2D eigenvalue weighted by Gasteiger charge is 2.32. The van der Waals surface area contributed by atoms with E-state index in [0.717, 1.165) is 11.8 Å². The summed E-state index contributed by atoms with van der Waals surface area (Å²) in [7, 11) is 0. The molecule has 1 saturated heterocycles. The molecule has 0 unspecified atom stereocenters. The molecule has 22 heavy (non-hydrogen) atoms. The molecule has 0 bridgehead atoms. The average Bonchev–Trinajstić information content (AvgIpc) is 3.03. The Morgan fingerprint density at radius 1 is 1.59 bits per heavy atom. The smallest absolute Gasteiger partial charge is 0.433 e. The van der Waals surface area contributed by atoms with Crippen molar-refractivity contribution in [1.82, 2.24) is 5.32 Å². The lowest BCUT2D eigenvalue weighted by Gasteiger charge is -1.97. The molecule has 0 spiro atoms. The Balaban J connectivity index is 2.08. The van der Waals surface area contributed by atoms with E-state index in [1.54, 1.807) is 0 Å². The Morgan fingerprint density at radius 2 is 2.32 bits per heavy atom. The second kappa shape index (κ2) is 6.39. The molecular formula is C11H10N4O6S. The molecule has 1 aromatic rings. The van der Waals surface area contributed by atoms with Crippen LogP contribution < -0.4 is 5.32 Å². The van der Waals surface area contributed by atoms with E-state index in [1.807, 2.05) is 0 Å². The fraction of sp³-hybridized carbons (Fsp3) is 0.273. The predicted molar refractivity (Wildman–Crippen MR) is 76.8 cm³/mol. The van der Waals surface area contributed by atoms with Crippen LogP contribution >= 0.6 is 11.8 Å². The summed E-state index contributed by atoms with van der Waals surface area (Å²) < 4.78 is 4.95. The number of rotatable bonds is 5. The molecule has 1 aromatic heterocycles. The Morgan fingerprint density at radius 3 is 2.91 bits per heavy atom. The molecular weight excluding hydrogens is 316 g/mol. The molecule has 2 rings (SSSR count). The van der Waals surface area contributed by atoms with Gasteiger partial charge in [0, 0.05) is 0 Å². The highest BCUT2D eigenvalue weighted by atomic mass is 32.2. The van der Waals surface area contributed by atoms with E-state index in [0.29, 0.717) is 0 Å². The molecule has 1 aliphatic heterocycles. The summed E-state index contributed by atoms with van der Waals surface area (Å²) in [6.45, 7) is 1.53. The van der Waals surface area contributed by atoms with Gasteiger partial charge < -0.3 is 14.8 Å². The van der Waals surface area contributed by atoms with Gasteiger partial charge in [0.1, 0.15) is 15.9 Å². The van der Waals surface area contributed by atoms with E-state index in [-0.39, 0.29) is 23.1 Å². The lowest BCUT2D eigenvalue weighted by molar-refractivity contribution is -0.402. The maximum absolute atomic E-state index is 11.5. The molecule has 2 N–H and O–H groups in total. The molecule has 1 aliphatic rings. The second-order valence-corrected chi connectivity index (χ2v) is 5.37. The van der Waals surface area contributed by atoms with E-state index in [1.165, 1.54) is 19.1 Å². The number of aliphatic carboxylic acids is 1. The molecule has 2 heterocycles. The van der Waals surface area contributed by atoms with E-state index < -0.39 is 27.9 Å². The lowest BCUT2D eigenvalue weighted by atomic mass is 10.3. The van der Waals surface area contributed by atoms with Crippen LogP contribution in [0.2, 0.25) is 0 Å². The summed E-state index contributed by atoms with van der Waals surface area (Å²) in [5.74, 6) is -1.78. The number of hydrogen-bond donors (Lipinski definition) is 2. The van der Waals surface area contributed by atoms with Crippen LogP contribution in [0.4, 0.5) is 5.88 Å². The molecule has 0 radical (unpaired) electrons. The van der Waals surface area contributed by atoms with Gasteiger partial charge in [0.2, 0.25) is 5.91 Å². The fourth-order valence-corrected chi connectivity index (χ4v) is 2.44. The first-order chi connectivity index (χ1) is 10.4. The number of carboxylic acids is 1. The number of carbonyl (C=O) groups is 2. The van der Waals surface area contributed by atoms with Gasteiger partial charge in [-0.2, -0.15) is 0 Å². The number of nitro groups is 1. The Labute approximate surface area is 127 Å². The van der Waals surface area contributed by atoms with E-state index in [2.05, 4.69) is 15.5 Å². The van der Waals surface area contributed by atoms with Gasteiger partial charge in [-0.15, -0.1) is 10.2 Å². The molecule has 1 fully saturated rings. The predicted octanol–water partition coefficient (Wildman–Crippen LogP) is 0.974. The molecule has 0 aliphatic carbocycles. The van der Waals surface area contributed by atoms with Crippen LogP contribution in [0.15, 0.2) is 26.8 Å². The zero-order valence-electron chi connectivity index (χ0n) is 11.2. The van der Waals surface area contributed by atoms with Gasteiger partial charge >= 0.3 is 11.9 Å². The molecule has 0 aromatic carbocycles. The largest absolute Gasteiger partial charge is 0.481 e. The van der Waals surface area contributed by atoms with Crippen molar-refractivity contribution in [3.8, 4) is 0 Å². The third kappa shape index (κ3) is 3.69. The van der Waals surface area contributed by atoms with Crippen LogP contribution in [0.3, 0.4) is 0 Å². The standard InChI is InChI=1S/C11H10N4O6S/c1-5(6-2-3-8(21-6)15(19)20)13-14-11-12-10(18)7(22-11)4-9(16)17/h2-3,7H,4H2,1H3,(H,16,17)(H,12,14,18)/b13-5-/t7-/m0/s1. The number of carbonyl (C=O) groups excluding carboxylic acids is 1. The van der Waals surface area contributed by atoms with Gasteiger partial charge in [-0.05, 0) is 13.0 Å². The van der Waals surface area contributed by atoms with Gasteiger partial charge in [-0.25, -0.2) is 0 Å². The van der Waals surface area contributed by atoms with Crippen LogP contribution in [0.25, 0.3) is 0 Å². The quantitative estimate of drug-likeness (QED) is 0.465. The van der Waals surface area contributed by atoms with Crippen LogP contribution in [-0.2, 0) is 9.59 Å². The Hall–Kier alpha value is -2.69. The molecule has 1 amide bonds. The zero-order valence-corrected chi connectivity index (χ0v) is 12.0. The van der Waals surface area contributed by atoms with Gasteiger partial charge in [0.25, 0.3) is 0 Å². The SMILES string of the molecule is C/C(=N/N=C1/NC(=O)[C@H](CC(=O)O)S1)c1ccc([N+](=O)[O-])o1. The summed E-state index contributed by atoms with van der Waals surface area (Å²) in [5.41, 5.74) is 0.275. The monoisotopic (exact) mass is 326 g/mol. The van der Waals surface area contributed by atoms with E-state index in [9.17, 15) is 19.7 Å². The number of hydrogen-bond acceptors (Lipinski definition) is 8. The topological polar surface area (TPSA) is 147 Å². The number of carboxylic acid groups (broad SMARTS) is 1. The normalized spacial score (nSPS) is 20.2. The molecule has 1 atom stereocenters. The third-order valence-corrected chi connectivity index (χ3v) is 3.63. The van der Waals surface area contributed by atoms with Crippen molar-refractivity contribution < 1.29 is 24.0 Å². The number of thioether (sulfide) groups is 1. The van der Waals surface area contributed by atoms with Gasteiger partial charge in [0.05, 0.1) is 12.5 Å². The van der Waals surface area contributed by atoms with Crippen LogP contribution in [0, 0.1) is 10.1 Å². The number of nitrogens with zero attached hydrogens (tertiary/aromatic N) is 3. The lowest BCUT2D eigenvalue weighted by Crippen LogP contribution is -2.26. The summed E-state index contributed by atoms with van der Waals surface area (Å²) in [6.07, 6.45) is -0.317. The summed E-state index contributed by atoms with van der Waals surface area (Å²) >= 11 is 0.957. The highest BCUT2D eigenvalue weighted by molar-refractivity contribution is 8.15. The van der Waals surface area contributed by atoms with Gasteiger partial charge in [-0.1, -0.05) is 11.8 Å². The third-order valence-electron chi connectivity index (χ3n) is 2.56. The first kappa shape index (κ1) is 15.7. The first-order valence-electron chi connectivity index (χ1n) is 5.93. The second-order valence-electron chi connectivity index (χ2n) is 4.18. The number of nitrogens with one attached hydrogen (secondary N) is 1. The number of furan rings is 1. The van der Waals surface area contributed by atoms with Crippen molar-refractivity contribution in [1.29, 1.82) is 0 Å². The average molecular weight is 326 g/mol. The summed E-state index contributed by atoms with van der Waals surface area (Å²) in [6, 6.07) is 2.57. The van der Waals surface area contributed by atoms with E-state index in [4.69, 9.17) is 9.52 Å². The minimum Gasteiger partial charge on any atom is -0.481 e. The molecule has 0 saturated carbocycles. The van der Waals surface area contributed by atoms with Crippen molar-refractivity contribution in [2.45, 2.75) is 18.6 Å². The van der Waals surface area contributed by atoms with Crippen molar-refractivity contribution in [2.24, 2.45) is 10.2 Å². The number of amides is 1. The van der Waals surface area contributed by atoms with Crippen LogP contribution in [0.5, 0.6) is 0 Å². The Bertz CT molecular complexity index is 695. The zero-order chi connectivity index (χ0) is 16.3. The number of amidine groups is 1. The highest BCUT2D eigenvalue weighted by Crippen LogP contribution is 2.22. The molecule has 116 valence electrons. The minimum atomic E-state index is -1.09. The van der Waals surface area contributed by atoms with Crippen molar-refractivity contribution in [3.05, 3.63) is 28.0 Å². The first-order valence-corrected chi connectivity index (χ1v) is 6.81. The van der Waals surface area contributed by atoms with Crippen molar-refractivity contribution in [2.75, 3.05) is 0 Å². The van der Waals surface area contributed by atoms with Crippen LogP contribution in [-0.4, -0.2) is 38.0 Å². The molecule has 10 nitrogen and oxygen atoms in total. The van der Waals surface area contributed by atoms with E-state index >= 15 is 0 Å². The maximum atomic E-state index is 11.5.